The van der Waals surface area contributed by atoms with Gasteiger partial charge in [-0.15, -0.1) is 0 Å². The number of carbonyl (C=O) groups is 1. The smallest absolute Gasteiger partial charge is 0.323 e. The first-order valence-electron chi connectivity index (χ1n) is 8.22. The fraction of sp³-hybridized carbons (Fsp3) is 0.350. The third-order valence-corrected chi connectivity index (χ3v) is 3.89. The van der Waals surface area contributed by atoms with Crippen LogP contribution in [0.4, 0.5) is 0 Å². The van der Waals surface area contributed by atoms with E-state index in [2.05, 4.69) is 36.5 Å². The highest BCUT2D eigenvalue weighted by atomic mass is 16.5. The van der Waals surface area contributed by atoms with Gasteiger partial charge in [0.15, 0.2) is 0 Å². The summed E-state index contributed by atoms with van der Waals surface area (Å²) in [6.07, 6.45) is 1.57. The first-order valence-corrected chi connectivity index (χ1v) is 8.22. The summed E-state index contributed by atoms with van der Waals surface area (Å²) in [6.45, 7) is 4.32. The zero-order valence-electron chi connectivity index (χ0n) is 13.9. The Balaban J connectivity index is 2.00. The first-order chi connectivity index (χ1) is 11.2. The predicted molar refractivity (Wildman–Crippen MR) is 93.2 cm³/mol. The number of rotatable bonds is 8. The van der Waals surface area contributed by atoms with Crippen molar-refractivity contribution in [3.63, 3.8) is 0 Å². The Bertz CT molecular complexity index is 583. The van der Waals surface area contributed by atoms with E-state index in [4.69, 9.17) is 4.74 Å². The molecular formula is C20H25NO2. The summed E-state index contributed by atoms with van der Waals surface area (Å²) in [4.78, 5) is 12.2. The van der Waals surface area contributed by atoms with Crippen LogP contribution in [0.1, 0.15) is 37.4 Å². The van der Waals surface area contributed by atoms with Crippen LogP contribution < -0.4 is 5.32 Å². The monoisotopic (exact) mass is 311 g/mol. The molecule has 122 valence electrons. The van der Waals surface area contributed by atoms with Gasteiger partial charge in [0.1, 0.15) is 6.04 Å². The molecule has 2 aromatic carbocycles. The van der Waals surface area contributed by atoms with Crippen molar-refractivity contribution in [3.8, 4) is 0 Å². The number of benzene rings is 2. The summed E-state index contributed by atoms with van der Waals surface area (Å²) in [5.41, 5.74) is 2.40. The van der Waals surface area contributed by atoms with Gasteiger partial charge in [-0.2, -0.15) is 0 Å². The van der Waals surface area contributed by atoms with Crippen molar-refractivity contribution in [1.82, 2.24) is 5.32 Å². The molecule has 0 fully saturated rings. The molecule has 2 atom stereocenters. The molecule has 0 saturated heterocycles. The van der Waals surface area contributed by atoms with Crippen molar-refractivity contribution in [1.29, 1.82) is 0 Å². The Labute approximate surface area is 138 Å². The Morgan fingerprint density at radius 3 is 2.26 bits per heavy atom. The minimum absolute atomic E-state index is 0.0985. The van der Waals surface area contributed by atoms with Gasteiger partial charge < -0.3 is 4.74 Å². The van der Waals surface area contributed by atoms with E-state index in [0.717, 1.165) is 12.8 Å². The molecule has 23 heavy (non-hydrogen) atoms. The van der Waals surface area contributed by atoms with Crippen LogP contribution in [0.15, 0.2) is 60.7 Å². The molecule has 2 rings (SSSR count). The minimum Gasteiger partial charge on any atom is -0.465 e. The van der Waals surface area contributed by atoms with E-state index in [1.54, 1.807) is 0 Å². The Kier molecular flexibility index (Phi) is 6.82. The Morgan fingerprint density at radius 2 is 1.65 bits per heavy atom. The second-order valence-electron chi connectivity index (χ2n) is 5.63. The quantitative estimate of drug-likeness (QED) is 0.751. The molecule has 0 saturated carbocycles. The maximum atomic E-state index is 12.2. The van der Waals surface area contributed by atoms with Gasteiger partial charge >= 0.3 is 5.97 Å². The molecule has 0 spiro atoms. The SMILES string of the molecule is CCOC(=O)[C@H](CCc1ccccc1)N[C@H](C)c1ccccc1. The minimum atomic E-state index is -0.301. The average molecular weight is 311 g/mol. The number of carbonyl (C=O) groups excluding carboxylic acids is 1. The van der Waals surface area contributed by atoms with Crippen LogP contribution in [-0.2, 0) is 16.0 Å². The van der Waals surface area contributed by atoms with Crippen LogP contribution in [-0.4, -0.2) is 18.6 Å². The van der Waals surface area contributed by atoms with E-state index in [-0.39, 0.29) is 18.1 Å². The second-order valence-corrected chi connectivity index (χ2v) is 5.63. The van der Waals surface area contributed by atoms with Crippen molar-refractivity contribution >= 4 is 5.97 Å². The van der Waals surface area contributed by atoms with E-state index in [1.165, 1.54) is 11.1 Å². The molecule has 0 aliphatic rings. The second kappa shape index (κ2) is 9.11. The molecule has 3 heteroatoms. The Hall–Kier alpha value is -2.13. The summed E-state index contributed by atoms with van der Waals surface area (Å²) in [7, 11) is 0. The van der Waals surface area contributed by atoms with Gasteiger partial charge in [-0.05, 0) is 37.8 Å². The number of aryl methyl sites for hydroxylation is 1. The molecule has 0 heterocycles. The molecule has 0 radical (unpaired) electrons. The van der Waals surface area contributed by atoms with E-state index >= 15 is 0 Å². The lowest BCUT2D eigenvalue weighted by atomic mass is 10.0. The molecule has 0 aliphatic heterocycles. The zero-order chi connectivity index (χ0) is 16.5. The van der Waals surface area contributed by atoms with Crippen LogP contribution >= 0.6 is 0 Å². The maximum absolute atomic E-state index is 12.2. The summed E-state index contributed by atoms with van der Waals surface area (Å²) < 4.78 is 5.23. The maximum Gasteiger partial charge on any atom is 0.323 e. The fourth-order valence-electron chi connectivity index (χ4n) is 2.61. The lowest BCUT2D eigenvalue weighted by molar-refractivity contribution is -0.146. The average Bonchev–Trinajstić information content (AvgIpc) is 2.60. The highest BCUT2D eigenvalue weighted by Crippen LogP contribution is 2.15. The number of hydrogen-bond donors (Lipinski definition) is 1. The number of nitrogens with one attached hydrogen (secondary N) is 1. The topological polar surface area (TPSA) is 38.3 Å². The molecule has 0 aromatic heterocycles. The highest BCUT2D eigenvalue weighted by molar-refractivity contribution is 5.75. The summed E-state index contributed by atoms with van der Waals surface area (Å²) >= 11 is 0. The van der Waals surface area contributed by atoms with E-state index in [9.17, 15) is 4.79 Å². The third kappa shape index (κ3) is 5.53. The van der Waals surface area contributed by atoms with Gasteiger partial charge in [0, 0.05) is 6.04 Å². The van der Waals surface area contributed by atoms with Crippen LogP contribution in [0.25, 0.3) is 0 Å². The Morgan fingerprint density at radius 1 is 1.04 bits per heavy atom. The molecule has 1 N–H and O–H groups in total. The van der Waals surface area contributed by atoms with Crippen molar-refractivity contribution in [3.05, 3.63) is 71.8 Å². The van der Waals surface area contributed by atoms with Crippen molar-refractivity contribution < 1.29 is 9.53 Å². The predicted octanol–water partition coefficient (Wildman–Crippen LogP) is 3.90. The standard InChI is InChI=1S/C20H25NO2/c1-3-23-20(22)19(15-14-17-10-6-4-7-11-17)21-16(2)18-12-8-5-9-13-18/h4-13,16,19,21H,3,14-15H2,1-2H3/t16-,19+/m1/s1. The molecule has 0 amide bonds. The normalized spacial score (nSPS) is 13.3. The van der Waals surface area contributed by atoms with Gasteiger partial charge in [0.2, 0.25) is 0 Å². The highest BCUT2D eigenvalue weighted by Gasteiger charge is 2.22. The van der Waals surface area contributed by atoms with Gasteiger partial charge in [-0.1, -0.05) is 60.7 Å². The van der Waals surface area contributed by atoms with E-state index in [0.29, 0.717) is 6.61 Å². The van der Waals surface area contributed by atoms with Crippen LogP contribution in [0.3, 0.4) is 0 Å². The molecule has 3 nitrogen and oxygen atoms in total. The summed E-state index contributed by atoms with van der Waals surface area (Å²) in [5, 5.41) is 3.41. The molecule has 0 aliphatic carbocycles. The van der Waals surface area contributed by atoms with Gasteiger partial charge in [0.05, 0.1) is 6.61 Å². The van der Waals surface area contributed by atoms with Gasteiger partial charge in [-0.25, -0.2) is 0 Å². The number of hydrogen-bond acceptors (Lipinski definition) is 3. The molecule has 0 unspecified atom stereocenters. The van der Waals surface area contributed by atoms with E-state index < -0.39 is 0 Å². The number of ether oxygens (including phenoxy) is 1. The van der Waals surface area contributed by atoms with Crippen molar-refractivity contribution in [2.75, 3.05) is 6.61 Å². The largest absolute Gasteiger partial charge is 0.465 e. The third-order valence-electron chi connectivity index (χ3n) is 3.89. The number of esters is 1. The van der Waals surface area contributed by atoms with Gasteiger partial charge in [0.25, 0.3) is 0 Å². The van der Waals surface area contributed by atoms with Crippen LogP contribution in [0.5, 0.6) is 0 Å². The molecule has 0 bridgehead atoms. The summed E-state index contributed by atoms with van der Waals surface area (Å²) in [5.74, 6) is -0.175. The van der Waals surface area contributed by atoms with Crippen LogP contribution in [0.2, 0.25) is 0 Å². The lowest BCUT2D eigenvalue weighted by Gasteiger charge is -2.22. The zero-order valence-corrected chi connectivity index (χ0v) is 13.9. The van der Waals surface area contributed by atoms with E-state index in [1.807, 2.05) is 43.3 Å². The summed E-state index contributed by atoms with van der Waals surface area (Å²) in [6, 6.07) is 20.2. The lowest BCUT2D eigenvalue weighted by Crippen LogP contribution is -2.40. The van der Waals surface area contributed by atoms with Gasteiger partial charge in [-0.3, -0.25) is 10.1 Å². The molecular weight excluding hydrogens is 286 g/mol. The van der Waals surface area contributed by atoms with Crippen LogP contribution in [0, 0.1) is 0 Å². The van der Waals surface area contributed by atoms with Crippen molar-refractivity contribution in [2.24, 2.45) is 0 Å². The first kappa shape index (κ1) is 17.2. The van der Waals surface area contributed by atoms with Crippen molar-refractivity contribution in [2.45, 2.75) is 38.8 Å². The fourth-order valence-corrected chi connectivity index (χ4v) is 2.61. The molecule has 2 aromatic rings.